The minimum atomic E-state index is -0.766. The third-order valence-corrected chi connectivity index (χ3v) is 7.82. The molecule has 0 aliphatic heterocycles. The smallest absolute Gasteiger partial charge is 0.129 e. The van der Waals surface area contributed by atoms with Gasteiger partial charge < -0.3 is 11.5 Å². The van der Waals surface area contributed by atoms with Crippen molar-refractivity contribution in [2.75, 3.05) is 11.5 Å². The fourth-order valence-corrected chi connectivity index (χ4v) is 5.85. The van der Waals surface area contributed by atoms with E-state index in [2.05, 4.69) is 55.5 Å². The Balaban J connectivity index is 1.33. The summed E-state index contributed by atoms with van der Waals surface area (Å²) in [7, 11) is 0. The molecule has 1 saturated carbocycles. The van der Waals surface area contributed by atoms with E-state index in [1.165, 1.54) is 16.7 Å². The molecule has 5 rings (SSSR count). The molecule has 4 heteroatoms. The van der Waals surface area contributed by atoms with Gasteiger partial charge in [-0.1, -0.05) is 79.7 Å². The molecule has 0 radical (unpaired) electrons. The second-order valence-corrected chi connectivity index (χ2v) is 10.4. The summed E-state index contributed by atoms with van der Waals surface area (Å²) in [5.41, 5.74) is 20.2. The van der Waals surface area contributed by atoms with E-state index in [0.717, 1.165) is 28.1 Å². The predicted molar refractivity (Wildman–Crippen MR) is 142 cm³/mol. The number of hydrogen-bond donors (Lipinski definition) is 2. The molecule has 4 aromatic rings. The summed E-state index contributed by atoms with van der Waals surface area (Å²) in [6.45, 7) is 2.21. The van der Waals surface area contributed by atoms with Crippen LogP contribution in [0.2, 0.25) is 0 Å². The maximum absolute atomic E-state index is 6.81. The van der Waals surface area contributed by atoms with E-state index < -0.39 is 4.33 Å². The molecular weight excluding hydrogens is 447 g/mol. The van der Waals surface area contributed by atoms with Crippen molar-refractivity contribution in [3.8, 4) is 22.3 Å². The molecule has 4 aromatic carbocycles. The summed E-state index contributed by atoms with van der Waals surface area (Å²) in [6, 6.07) is 33.1. The van der Waals surface area contributed by atoms with Gasteiger partial charge in [-0.05, 0) is 63.6 Å². The quantitative estimate of drug-likeness (QED) is 0.229. The van der Waals surface area contributed by atoms with Gasteiger partial charge in [0.25, 0.3) is 0 Å². The van der Waals surface area contributed by atoms with Gasteiger partial charge in [0.2, 0.25) is 0 Å². The van der Waals surface area contributed by atoms with Crippen LogP contribution in [0.3, 0.4) is 0 Å². The molecule has 2 nitrogen and oxygen atoms in total. The van der Waals surface area contributed by atoms with Gasteiger partial charge >= 0.3 is 0 Å². The molecule has 0 heterocycles. The van der Waals surface area contributed by atoms with E-state index in [9.17, 15) is 0 Å². The molecule has 1 aliphatic rings. The maximum Gasteiger partial charge on any atom is 0.129 e. The normalized spacial score (nSPS) is 19.7. The number of rotatable bonds is 5. The zero-order chi connectivity index (χ0) is 23.2. The van der Waals surface area contributed by atoms with Crippen molar-refractivity contribution < 1.29 is 0 Å². The van der Waals surface area contributed by atoms with Gasteiger partial charge in [0.1, 0.15) is 4.33 Å². The first-order valence-electron chi connectivity index (χ1n) is 11.1. The second kappa shape index (κ2) is 8.44. The van der Waals surface area contributed by atoms with Crippen molar-refractivity contribution in [2.45, 2.75) is 23.1 Å². The van der Waals surface area contributed by atoms with E-state index in [1.54, 1.807) is 0 Å². The van der Waals surface area contributed by atoms with Crippen LogP contribution in [0.1, 0.15) is 29.9 Å². The molecule has 3 atom stereocenters. The third-order valence-electron chi connectivity index (χ3n) is 6.84. The summed E-state index contributed by atoms with van der Waals surface area (Å²) < 4.78 is -0.766. The SMILES string of the molecule is CC(c1ccc(-c2ccc(N)cc2)cc1)C1C(c2ccc(-c3ccc(N)cc3)cc2)C1(Cl)Cl. The molecule has 166 valence electrons. The Bertz CT molecular complexity index is 1250. The van der Waals surface area contributed by atoms with Crippen molar-refractivity contribution in [2.24, 2.45) is 5.92 Å². The molecule has 1 aliphatic carbocycles. The van der Waals surface area contributed by atoms with Crippen LogP contribution in [0, 0.1) is 5.92 Å². The van der Waals surface area contributed by atoms with Crippen LogP contribution in [0.4, 0.5) is 11.4 Å². The van der Waals surface area contributed by atoms with E-state index in [4.69, 9.17) is 34.7 Å². The highest BCUT2D eigenvalue weighted by molar-refractivity contribution is 6.52. The first-order chi connectivity index (χ1) is 15.8. The molecule has 0 aromatic heterocycles. The average molecular weight is 473 g/mol. The zero-order valence-electron chi connectivity index (χ0n) is 18.4. The molecule has 3 unspecified atom stereocenters. The third kappa shape index (κ3) is 4.21. The fourth-order valence-electron chi connectivity index (χ4n) is 4.82. The lowest BCUT2D eigenvalue weighted by Crippen LogP contribution is -2.01. The summed E-state index contributed by atoms with van der Waals surface area (Å²) in [4.78, 5) is 0. The standard InChI is InChI=1S/C29H26Cl2N2/c1-18(19-2-4-20(5-3-19)22-10-14-25(32)15-11-22)27-28(29(27,30)31)24-8-6-21(7-9-24)23-12-16-26(33)17-13-23/h2-18,27-28H,32-33H2,1H3. The molecule has 0 amide bonds. The Labute approximate surface area is 205 Å². The highest BCUT2D eigenvalue weighted by Gasteiger charge is 2.65. The number of benzene rings is 4. The lowest BCUT2D eigenvalue weighted by atomic mass is 9.91. The van der Waals surface area contributed by atoms with Crippen molar-refractivity contribution in [1.29, 1.82) is 0 Å². The van der Waals surface area contributed by atoms with E-state index in [0.29, 0.717) is 0 Å². The Hall–Kier alpha value is -2.94. The maximum atomic E-state index is 6.81. The first kappa shape index (κ1) is 21.9. The lowest BCUT2D eigenvalue weighted by Gasteiger charge is -2.13. The Morgan fingerprint density at radius 2 is 0.970 bits per heavy atom. The molecule has 33 heavy (non-hydrogen) atoms. The Morgan fingerprint density at radius 1 is 0.606 bits per heavy atom. The Morgan fingerprint density at radius 3 is 1.39 bits per heavy atom. The largest absolute Gasteiger partial charge is 0.399 e. The lowest BCUT2D eigenvalue weighted by molar-refractivity contribution is 0.639. The van der Waals surface area contributed by atoms with Crippen LogP contribution in [0.5, 0.6) is 0 Å². The first-order valence-corrected chi connectivity index (χ1v) is 11.9. The fraction of sp³-hybridized carbons (Fsp3) is 0.172. The topological polar surface area (TPSA) is 52.0 Å². The van der Waals surface area contributed by atoms with Gasteiger partial charge in [0.05, 0.1) is 0 Å². The highest BCUT2D eigenvalue weighted by atomic mass is 35.5. The van der Waals surface area contributed by atoms with Crippen LogP contribution in [0.15, 0.2) is 97.1 Å². The molecule has 0 saturated heterocycles. The average Bonchev–Trinajstić information content (AvgIpc) is 3.41. The minimum Gasteiger partial charge on any atom is -0.399 e. The van der Waals surface area contributed by atoms with Gasteiger partial charge in [0, 0.05) is 23.2 Å². The number of alkyl halides is 2. The van der Waals surface area contributed by atoms with Gasteiger partial charge in [-0.3, -0.25) is 0 Å². The molecule has 0 bridgehead atoms. The molecule has 4 N–H and O–H groups in total. The van der Waals surface area contributed by atoms with Crippen LogP contribution in [0.25, 0.3) is 22.3 Å². The van der Waals surface area contributed by atoms with Gasteiger partial charge in [-0.15, -0.1) is 23.2 Å². The van der Waals surface area contributed by atoms with Crippen LogP contribution < -0.4 is 11.5 Å². The van der Waals surface area contributed by atoms with E-state index >= 15 is 0 Å². The molecule has 0 spiro atoms. The second-order valence-electron chi connectivity index (χ2n) is 8.95. The predicted octanol–water partition coefficient (Wildman–Crippen LogP) is 7.88. The van der Waals surface area contributed by atoms with Crippen molar-refractivity contribution >= 4 is 34.6 Å². The van der Waals surface area contributed by atoms with Gasteiger partial charge in [-0.25, -0.2) is 0 Å². The van der Waals surface area contributed by atoms with Gasteiger partial charge in [-0.2, -0.15) is 0 Å². The van der Waals surface area contributed by atoms with Crippen LogP contribution >= 0.6 is 23.2 Å². The van der Waals surface area contributed by atoms with E-state index in [-0.39, 0.29) is 17.8 Å². The summed E-state index contributed by atoms with van der Waals surface area (Å²) in [6.07, 6.45) is 0. The molecular formula is C29H26Cl2N2. The van der Waals surface area contributed by atoms with E-state index in [1.807, 2.05) is 48.5 Å². The minimum absolute atomic E-state index is 0.105. The summed E-state index contributed by atoms with van der Waals surface area (Å²) in [5.74, 6) is 0.501. The monoisotopic (exact) mass is 472 g/mol. The zero-order valence-corrected chi connectivity index (χ0v) is 19.9. The highest BCUT2D eigenvalue weighted by Crippen LogP contribution is 2.69. The number of anilines is 2. The van der Waals surface area contributed by atoms with Crippen molar-refractivity contribution in [3.63, 3.8) is 0 Å². The van der Waals surface area contributed by atoms with Gasteiger partial charge in [0.15, 0.2) is 0 Å². The molecule has 1 fully saturated rings. The Kier molecular flexibility index (Phi) is 5.60. The van der Waals surface area contributed by atoms with Crippen molar-refractivity contribution in [1.82, 2.24) is 0 Å². The van der Waals surface area contributed by atoms with Crippen molar-refractivity contribution in [3.05, 3.63) is 108 Å². The summed E-state index contributed by atoms with van der Waals surface area (Å²) in [5, 5.41) is 0. The number of halogens is 2. The van der Waals surface area contributed by atoms with Crippen LogP contribution in [-0.4, -0.2) is 4.33 Å². The summed E-state index contributed by atoms with van der Waals surface area (Å²) >= 11 is 13.6. The number of nitrogen functional groups attached to an aromatic ring is 2. The van der Waals surface area contributed by atoms with Crippen LogP contribution in [-0.2, 0) is 0 Å². The number of hydrogen-bond acceptors (Lipinski definition) is 2. The number of nitrogens with two attached hydrogens (primary N) is 2.